The van der Waals surface area contributed by atoms with E-state index in [1.54, 1.807) is 6.07 Å². The van der Waals surface area contributed by atoms with E-state index in [1.165, 1.54) is 17.4 Å². The molecule has 1 aromatic carbocycles. The summed E-state index contributed by atoms with van der Waals surface area (Å²) in [5.41, 5.74) is 0.828. The Bertz CT molecular complexity index is 547. The molecule has 0 saturated carbocycles. The smallest absolute Gasteiger partial charge is 0.328 e. The van der Waals surface area contributed by atoms with E-state index in [0.29, 0.717) is 10.0 Å². The van der Waals surface area contributed by atoms with E-state index in [1.807, 2.05) is 12.1 Å². The van der Waals surface area contributed by atoms with Crippen molar-refractivity contribution in [1.29, 1.82) is 0 Å². The predicted molar refractivity (Wildman–Crippen MR) is 61.3 cm³/mol. The van der Waals surface area contributed by atoms with Crippen LogP contribution in [0.2, 0.25) is 5.02 Å². The fourth-order valence-electron chi connectivity index (χ4n) is 1.13. The van der Waals surface area contributed by atoms with E-state index < -0.39 is 5.97 Å². The van der Waals surface area contributed by atoms with Gasteiger partial charge in [-0.1, -0.05) is 11.6 Å². The third-order valence-electron chi connectivity index (χ3n) is 1.74. The van der Waals surface area contributed by atoms with Gasteiger partial charge < -0.3 is 5.11 Å². The molecule has 0 atom stereocenters. The lowest BCUT2D eigenvalue weighted by atomic mass is 10.3. The topological polar surface area (TPSA) is 50.2 Å². The van der Waals surface area contributed by atoms with Gasteiger partial charge in [0.15, 0.2) is 0 Å². The fraction of sp³-hybridized carbons (Fsp3) is 0. The first-order chi connectivity index (χ1) is 7.15. The van der Waals surface area contributed by atoms with Crippen LogP contribution in [-0.4, -0.2) is 16.1 Å². The Morgan fingerprint density at radius 1 is 1.53 bits per heavy atom. The number of hydrogen-bond acceptors (Lipinski definition) is 3. The number of aliphatic carboxylic acids is 1. The molecule has 15 heavy (non-hydrogen) atoms. The van der Waals surface area contributed by atoms with Crippen molar-refractivity contribution >= 4 is 45.2 Å². The summed E-state index contributed by atoms with van der Waals surface area (Å²) in [6.45, 7) is 0. The van der Waals surface area contributed by atoms with Crippen molar-refractivity contribution < 1.29 is 9.90 Å². The molecule has 1 aromatic heterocycles. The number of fused-ring (bicyclic) bond motifs is 1. The highest BCUT2D eigenvalue weighted by Gasteiger charge is 2.01. The van der Waals surface area contributed by atoms with Crippen LogP contribution in [0.3, 0.4) is 0 Å². The average molecular weight is 240 g/mol. The third-order valence-corrected chi connectivity index (χ3v) is 2.95. The van der Waals surface area contributed by atoms with Gasteiger partial charge in [0.05, 0.1) is 10.2 Å². The van der Waals surface area contributed by atoms with E-state index in [-0.39, 0.29) is 0 Å². The zero-order valence-electron chi connectivity index (χ0n) is 7.48. The third kappa shape index (κ3) is 2.34. The van der Waals surface area contributed by atoms with Gasteiger partial charge in [-0.15, -0.1) is 11.3 Å². The Labute approximate surface area is 94.6 Å². The van der Waals surface area contributed by atoms with E-state index in [9.17, 15) is 4.79 Å². The summed E-state index contributed by atoms with van der Waals surface area (Å²) in [6, 6.07) is 5.38. The molecule has 0 spiro atoms. The predicted octanol–water partition coefficient (Wildman–Crippen LogP) is 3.05. The summed E-state index contributed by atoms with van der Waals surface area (Å²) in [5, 5.41) is 9.78. The maximum atomic E-state index is 10.3. The summed E-state index contributed by atoms with van der Waals surface area (Å²) in [5.74, 6) is -0.979. The van der Waals surface area contributed by atoms with E-state index in [2.05, 4.69) is 4.98 Å². The molecule has 0 fully saturated rings. The molecule has 1 N–H and O–H groups in total. The number of rotatable bonds is 2. The summed E-state index contributed by atoms with van der Waals surface area (Å²) >= 11 is 7.23. The molecule has 2 rings (SSSR count). The second-order valence-electron chi connectivity index (χ2n) is 2.84. The fourth-order valence-corrected chi connectivity index (χ4v) is 2.28. The molecule has 0 unspecified atom stereocenters. The van der Waals surface area contributed by atoms with Crippen LogP contribution in [0.15, 0.2) is 24.3 Å². The second-order valence-corrected chi connectivity index (χ2v) is 4.33. The Balaban J connectivity index is 2.43. The number of carboxylic acids is 1. The lowest BCUT2D eigenvalue weighted by molar-refractivity contribution is -0.131. The quantitative estimate of drug-likeness (QED) is 0.820. The van der Waals surface area contributed by atoms with Gasteiger partial charge in [0.25, 0.3) is 0 Å². The van der Waals surface area contributed by atoms with Crippen LogP contribution in [0, 0.1) is 0 Å². The minimum atomic E-state index is -0.979. The number of carbonyl (C=O) groups is 1. The van der Waals surface area contributed by atoms with Crippen LogP contribution in [-0.2, 0) is 4.79 Å². The van der Waals surface area contributed by atoms with E-state index in [0.717, 1.165) is 16.3 Å². The SMILES string of the molecule is O=C(O)/C=C/c1nc2ccc(Cl)cc2s1. The normalized spacial score (nSPS) is 11.3. The van der Waals surface area contributed by atoms with Gasteiger partial charge in [0.2, 0.25) is 0 Å². The van der Waals surface area contributed by atoms with E-state index >= 15 is 0 Å². The minimum Gasteiger partial charge on any atom is -0.478 e. The molecule has 0 saturated heterocycles. The Morgan fingerprint density at radius 3 is 3.07 bits per heavy atom. The van der Waals surface area contributed by atoms with Gasteiger partial charge in [-0.2, -0.15) is 0 Å². The van der Waals surface area contributed by atoms with Gasteiger partial charge in [0.1, 0.15) is 5.01 Å². The van der Waals surface area contributed by atoms with Gasteiger partial charge >= 0.3 is 5.97 Å². The minimum absolute atomic E-state index is 0.653. The average Bonchev–Trinajstić information content (AvgIpc) is 2.56. The molecule has 0 aliphatic heterocycles. The maximum Gasteiger partial charge on any atom is 0.328 e. The zero-order valence-corrected chi connectivity index (χ0v) is 9.05. The van der Waals surface area contributed by atoms with Crippen LogP contribution in [0.1, 0.15) is 5.01 Å². The molecule has 0 amide bonds. The van der Waals surface area contributed by atoms with Crippen LogP contribution < -0.4 is 0 Å². The first kappa shape index (κ1) is 10.1. The van der Waals surface area contributed by atoms with Crippen molar-refractivity contribution in [3.63, 3.8) is 0 Å². The molecule has 76 valence electrons. The Morgan fingerprint density at radius 2 is 2.33 bits per heavy atom. The van der Waals surface area contributed by atoms with Crippen molar-refractivity contribution in [1.82, 2.24) is 4.98 Å². The number of aromatic nitrogens is 1. The lowest BCUT2D eigenvalue weighted by Gasteiger charge is -1.86. The van der Waals surface area contributed by atoms with E-state index in [4.69, 9.17) is 16.7 Å². The number of nitrogens with zero attached hydrogens (tertiary/aromatic N) is 1. The summed E-state index contributed by atoms with van der Waals surface area (Å²) in [7, 11) is 0. The van der Waals surface area contributed by atoms with Gasteiger partial charge in [-0.05, 0) is 24.3 Å². The molecule has 1 heterocycles. The van der Waals surface area contributed by atoms with Crippen molar-refractivity contribution in [2.75, 3.05) is 0 Å². The first-order valence-electron chi connectivity index (χ1n) is 4.12. The zero-order chi connectivity index (χ0) is 10.8. The largest absolute Gasteiger partial charge is 0.478 e. The van der Waals surface area contributed by atoms with Gasteiger partial charge in [0, 0.05) is 11.1 Å². The van der Waals surface area contributed by atoms with Gasteiger partial charge in [-0.25, -0.2) is 9.78 Å². The molecule has 3 nitrogen and oxygen atoms in total. The number of thiazole rings is 1. The lowest BCUT2D eigenvalue weighted by Crippen LogP contribution is -1.84. The molecule has 0 bridgehead atoms. The number of halogens is 1. The van der Waals surface area contributed by atoms with Crippen LogP contribution in [0.5, 0.6) is 0 Å². The first-order valence-corrected chi connectivity index (χ1v) is 5.32. The standard InChI is InChI=1S/C10H6ClNO2S/c11-6-1-2-7-8(5-6)15-9(12-7)3-4-10(13)14/h1-5H,(H,13,14)/b4-3+. The molecule has 0 radical (unpaired) electrons. The Kier molecular flexibility index (Phi) is 2.70. The maximum absolute atomic E-state index is 10.3. The van der Waals surface area contributed by atoms with Crippen LogP contribution in [0.4, 0.5) is 0 Å². The highest BCUT2D eigenvalue weighted by Crippen LogP contribution is 2.25. The second kappa shape index (κ2) is 4.00. The highest BCUT2D eigenvalue weighted by atomic mass is 35.5. The Hall–Kier alpha value is -1.39. The molecule has 2 aromatic rings. The summed E-state index contributed by atoms with van der Waals surface area (Å²) in [4.78, 5) is 14.5. The molecule has 0 aliphatic carbocycles. The molecular weight excluding hydrogens is 234 g/mol. The van der Waals surface area contributed by atoms with Crippen LogP contribution >= 0.6 is 22.9 Å². The van der Waals surface area contributed by atoms with Crippen molar-refractivity contribution in [2.45, 2.75) is 0 Å². The molecule has 5 heteroatoms. The van der Waals surface area contributed by atoms with Crippen molar-refractivity contribution in [3.05, 3.63) is 34.3 Å². The number of carboxylic acid groups (broad SMARTS) is 1. The van der Waals surface area contributed by atoms with Gasteiger partial charge in [-0.3, -0.25) is 0 Å². The molecule has 0 aliphatic rings. The summed E-state index contributed by atoms with van der Waals surface area (Å²) in [6.07, 6.45) is 2.54. The molecular formula is C10H6ClNO2S. The number of benzene rings is 1. The summed E-state index contributed by atoms with van der Waals surface area (Å²) < 4.78 is 0.951. The monoisotopic (exact) mass is 239 g/mol. The van der Waals surface area contributed by atoms with Crippen molar-refractivity contribution in [2.24, 2.45) is 0 Å². The van der Waals surface area contributed by atoms with Crippen LogP contribution in [0.25, 0.3) is 16.3 Å². The number of hydrogen-bond donors (Lipinski definition) is 1. The highest BCUT2D eigenvalue weighted by molar-refractivity contribution is 7.19. The van der Waals surface area contributed by atoms with Crippen molar-refractivity contribution in [3.8, 4) is 0 Å².